The highest BCUT2D eigenvalue weighted by molar-refractivity contribution is 5.37. The van der Waals surface area contributed by atoms with Crippen molar-refractivity contribution in [2.45, 2.75) is 79.1 Å². The smallest absolute Gasteiger partial charge is 0.0133 e. The van der Waals surface area contributed by atoms with Crippen molar-refractivity contribution >= 4 is 0 Å². The minimum absolute atomic E-state index is 0.641. The first kappa shape index (κ1) is 18.0. The van der Waals surface area contributed by atoms with E-state index in [1.807, 2.05) is 0 Å². The van der Waals surface area contributed by atoms with Crippen molar-refractivity contribution in [2.24, 2.45) is 5.92 Å². The van der Waals surface area contributed by atoms with Gasteiger partial charge in [0.2, 0.25) is 0 Å². The van der Waals surface area contributed by atoms with Gasteiger partial charge in [-0.25, -0.2) is 0 Å². The second kappa shape index (κ2) is 9.82. The minimum Gasteiger partial charge on any atom is -0.0996 e. The highest BCUT2D eigenvalue weighted by Gasteiger charge is 2.05. The van der Waals surface area contributed by atoms with E-state index in [-0.39, 0.29) is 0 Å². The van der Waals surface area contributed by atoms with Crippen LogP contribution in [0.1, 0.15) is 79.1 Å². The molecule has 0 fully saturated rings. The van der Waals surface area contributed by atoms with Gasteiger partial charge in [-0.15, -0.1) is 0 Å². The van der Waals surface area contributed by atoms with Crippen LogP contribution < -0.4 is 0 Å². The molecule has 0 aromatic rings. The molecular weight excluding hydrogens is 252 g/mol. The zero-order chi connectivity index (χ0) is 15.7. The second-order valence-electron chi connectivity index (χ2n) is 6.75. The first-order chi connectivity index (χ1) is 10.0. The lowest BCUT2D eigenvalue weighted by Crippen LogP contribution is -1.93. The molecule has 0 aromatic carbocycles. The highest BCUT2D eigenvalue weighted by Crippen LogP contribution is 2.25. The molecule has 0 aliphatic heterocycles. The Labute approximate surface area is 132 Å². The van der Waals surface area contributed by atoms with Crippen molar-refractivity contribution in [3.8, 4) is 0 Å². The molecule has 0 nitrogen and oxygen atoms in total. The topological polar surface area (TPSA) is 0 Å². The van der Waals surface area contributed by atoms with E-state index >= 15 is 0 Å². The second-order valence-corrected chi connectivity index (χ2v) is 6.75. The molecular formula is C21H34. The third kappa shape index (κ3) is 6.98. The predicted molar refractivity (Wildman–Crippen MR) is 96.5 cm³/mol. The van der Waals surface area contributed by atoms with Crippen molar-refractivity contribution in [2.75, 3.05) is 0 Å². The third-order valence-corrected chi connectivity index (χ3v) is 4.46. The molecule has 0 amide bonds. The summed E-state index contributed by atoms with van der Waals surface area (Å²) in [5, 5.41) is 0. The van der Waals surface area contributed by atoms with Crippen molar-refractivity contribution < 1.29 is 0 Å². The normalized spacial score (nSPS) is 15.4. The van der Waals surface area contributed by atoms with Gasteiger partial charge < -0.3 is 0 Å². The van der Waals surface area contributed by atoms with Crippen LogP contribution in [0.3, 0.4) is 0 Å². The minimum atomic E-state index is 0.641. The molecule has 0 bridgehead atoms. The summed E-state index contributed by atoms with van der Waals surface area (Å²) < 4.78 is 0. The zero-order valence-electron chi connectivity index (χ0n) is 14.7. The van der Waals surface area contributed by atoms with E-state index in [0.717, 1.165) is 6.42 Å². The Balaban J connectivity index is 2.39. The quantitative estimate of drug-likeness (QED) is 0.312. The summed E-state index contributed by atoms with van der Waals surface area (Å²) in [6.07, 6.45) is 17.1. The molecule has 0 spiro atoms. The summed E-state index contributed by atoms with van der Waals surface area (Å²) in [5.74, 6) is 0.641. The fourth-order valence-electron chi connectivity index (χ4n) is 2.78. The van der Waals surface area contributed by atoms with Gasteiger partial charge in [-0.1, -0.05) is 69.6 Å². The van der Waals surface area contributed by atoms with Gasteiger partial charge in [0.15, 0.2) is 0 Å². The number of rotatable bonds is 9. The van der Waals surface area contributed by atoms with Gasteiger partial charge in [0.05, 0.1) is 0 Å². The zero-order valence-corrected chi connectivity index (χ0v) is 14.7. The fourth-order valence-corrected chi connectivity index (χ4v) is 2.78. The number of allylic oxidation sites excluding steroid dienone is 7. The molecule has 1 aliphatic rings. The summed E-state index contributed by atoms with van der Waals surface area (Å²) in [5.41, 5.74) is 6.07. The van der Waals surface area contributed by atoms with E-state index in [9.17, 15) is 0 Å². The van der Waals surface area contributed by atoms with Crippen LogP contribution in [0.25, 0.3) is 0 Å². The average molecular weight is 287 g/mol. The molecule has 0 N–H and O–H groups in total. The third-order valence-electron chi connectivity index (χ3n) is 4.46. The lowest BCUT2D eigenvalue weighted by Gasteiger charge is -2.10. The van der Waals surface area contributed by atoms with Crippen LogP contribution in [0.15, 0.2) is 47.1 Å². The number of unbranched alkanes of at least 4 members (excludes halogenated alkanes) is 2. The van der Waals surface area contributed by atoms with Gasteiger partial charge in [-0.2, -0.15) is 0 Å². The maximum Gasteiger partial charge on any atom is -0.0133 e. The summed E-state index contributed by atoms with van der Waals surface area (Å²) in [7, 11) is 0. The van der Waals surface area contributed by atoms with E-state index < -0.39 is 0 Å². The molecule has 0 saturated carbocycles. The SMILES string of the molecule is C=C(CCCCCC1=C(C)CC=CC(CCC)=C1)C(C)C. The maximum absolute atomic E-state index is 4.17. The molecule has 0 heterocycles. The Hall–Kier alpha value is -1.04. The molecule has 0 aromatic heterocycles. The van der Waals surface area contributed by atoms with Crippen LogP contribution in [0.4, 0.5) is 0 Å². The molecule has 0 radical (unpaired) electrons. The predicted octanol–water partition coefficient (Wildman–Crippen LogP) is 7.15. The van der Waals surface area contributed by atoms with Crippen LogP contribution in [0.2, 0.25) is 0 Å². The van der Waals surface area contributed by atoms with Crippen LogP contribution in [0.5, 0.6) is 0 Å². The Morgan fingerprint density at radius 1 is 1.19 bits per heavy atom. The van der Waals surface area contributed by atoms with Crippen molar-refractivity contribution in [1.29, 1.82) is 0 Å². The van der Waals surface area contributed by atoms with Gasteiger partial charge in [-0.3, -0.25) is 0 Å². The maximum atomic E-state index is 4.17. The van der Waals surface area contributed by atoms with Crippen LogP contribution in [0, 0.1) is 5.92 Å². The van der Waals surface area contributed by atoms with Gasteiger partial charge >= 0.3 is 0 Å². The Morgan fingerprint density at radius 2 is 1.95 bits per heavy atom. The van der Waals surface area contributed by atoms with E-state index in [2.05, 4.69) is 52.5 Å². The average Bonchev–Trinajstić information content (AvgIpc) is 2.61. The number of hydrogen-bond acceptors (Lipinski definition) is 0. The van der Waals surface area contributed by atoms with Crippen LogP contribution in [-0.4, -0.2) is 0 Å². The lowest BCUT2D eigenvalue weighted by molar-refractivity contribution is 0.632. The summed E-state index contributed by atoms with van der Waals surface area (Å²) in [4.78, 5) is 0. The number of hydrogen-bond donors (Lipinski definition) is 0. The lowest BCUT2D eigenvalue weighted by atomic mass is 9.96. The summed E-state index contributed by atoms with van der Waals surface area (Å²) >= 11 is 0. The molecule has 118 valence electrons. The standard InChI is InChI=1S/C21H34/c1-6-11-20-14-10-13-19(5)21(16-20)15-9-7-8-12-18(4)17(2)3/h10,14,16-17H,4,6-9,11-13,15H2,1-3,5H3. The van der Waals surface area contributed by atoms with E-state index in [1.165, 1.54) is 56.1 Å². The van der Waals surface area contributed by atoms with Crippen LogP contribution in [-0.2, 0) is 0 Å². The van der Waals surface area contributed by atoms with Crippen molar-refractivity contribution in [3.63, 3.8) is 0 Å². The molecule has 0 atom stereocenters. The van der Waals surface area contributed by atoms with Gasteiger partial charge in [0.25, 0.3) is 0 Å². The molecule has 1 rings (SSSR count). The Kier molecular flexibility index (Phi) is 8.42. The van der Waals surface area contributed by atoms with E-state index in [0.29, 0.717) is 5.92 Å². The summed E-state index contributed by atoms with van der Waals surface area (Å²) in [6.45, 7) is 13.2. The van der Waals surface area contributed by atoms with Gasteiger partial charge in [0, 0.05) is 0 Å². The van der Waals surface area contributed by atoms with Crippen molar-refractivity contribution in [1.82, 2.24) is 0 Å². The van der Waals surface area contributed by atoms with E-state index in [4.69, 9.17) is 0 Å². The van der Waals surface area contributed by atoms with Crippen LogP contribution >= 0.6 is 0 Å². The van der Waals surface area contributed by atoms with Gasteiger partial charge in [-0.05, 0) is 62.5 Å². The fraction of sp³-hybridized carbons (Fsp3) is 0.619. The van der Waals surface area contributed by atoms with E-state index in [1.54, 1.807) is 11.1 Å². The summed E-state index contributed by atoms with van der Waals surface area (Å²) in [6, 6.07) is 0. The Bertz CT molecular complexity index is 415. The largest absolute Gasteiger partial charge is 0.0996 e. The first-order valence-corrected chi connectivity index (χ1v) is 8.78. The monoisotopic (exact) mass is 286 g/mol. The molecule has 0 heteroatoms. The Morgan fingerprint density at radius 3 is 2.62 bits per heavy atom. The first-order valence-electron chi connectivity index (χ1n) is 8.78. The molecule has 0 saturated heterocycles. The van der Waals surface area contributed by atoms with Gasteiger partial charge in [0.1, 0.15) is 0 Å². The molecule has 21 heavy (non-hydrogen) atoms. The van der Waals surface area contributed by atoms with Crippen molar-refractivity contribution in [3.05, 3.63) is 47.1 Å². The highest BCUT2D eigenvalue weighted by atomic mass is 14.1. The molecule has 0 unspecified atom stereocenters. The molecule has 1 aliphatic carbocycles.